The van der Waals surface area contributed by atoms with Crippen LogP contribution in [0.4, 0.5) is 4.39 Å². The lowest BCUT2D eigenvalue weighted by Crippen LogP contribution is -1.97. The van der Waals surface area contributed by atoms with Gasteiger partial charge in [0, 0.05) is 5.02 Å². The summed E-state index contributed by atoms with van der Waals surface area (Å²) in [6, 6.07) is 9.51. The van der Waals surface area contributed by atoms with Crippen molar-refractivity contribution in [3.05, 3.63) is 58.4 Å². The second kappa shape index (κ2) is 6.33. The van der Waals surface area contributed by atoms with Crippen LogP contribution in [0.5, 0.6) is 11.5 Å². The molecule has 0 spiro atoms. The normalized spacial score (nSPS) is 12.1. The number of ether oxygens (including phenoxy) is 2. The summed E-state index contributed by atoms with van der Waals surface area (Å²) in [5, 5.41) is -0.206. The average Bonchev–Trinajstić information content (AvgIpc) is 2.45. The van der Waals surface area contributed by atoms with Gasteiger partial charge in [-0.15, -0.1) is 11.6 Å². The van der Waals surface area contributed by atoms with E-state index in [1.807, 2.05) is 6.07 Å². The van der Waals surface area contributed by atoms with Crippen molar-refractivity contribution in [2.45, 2.75) is 5.38 Å². The molecule has 0 radical (unpaired) electrons. The molecule has 1 unspecified atom stereocenters. The number of hydrogen-bond acceptors (Lipinski definition) is 2. The smallest absolute Gasteiger partial charge is 0.161 e. The Balaban J connectivity index is 2.40. The van der Waals surface area contributed by atoms with Gasteiger partial charge in [-0.1, -0.05) is 23.7 Å². The first kappa shape index (κ1) is 14.9. The van der Waals surface area contributed by atoms with Gasteiger partial charge in [0.15, 0.2) is 11.5 Å². The average molecular weight is 315 g/mol. The van der Waals surface area contributed by atoms with Crippen molar-refractivity contribution in [1.29, 1.82) is 0 Å². The molecule has 5 heteroatoms. The highest BCUT2D eigenvalue weighted by molar-refractivity contribution is 6.33. The monoisotopic (exact) mass is 314 g/mol. The molecule has 2 nitrogen and oxygen atoms in total. The van der Waals surface area contributed by atoms with Crippen molar-refractivity contribution in [3.63, 3.8) is 0 Å². The lowest BCUT2D eigenvalue weighted by molar-refractivity contribution is 0.354. The fourth-order valence-electron chi connectivity index (χ4n) is 1.90. The van der Waals surface area contributed by atoms with Crippen molar-refractivity contribution >= 4 is 23.2 Å². The Morgan fingerprint density at radius 2 is 1.70 bits per heavy atom. The van der Waals surface area contributed by atoms with Crippen LogP contribution >= 0.6 is 23.2 Å². The van der Waals surface area contributed by atoms with E-state index in [1.165, 1.54) is 12.1 Å². The summed E-state index contributed by atoms with van der Waals surface area (Å²) in [7, 11) is 3.11. The Kier molecular flexibility index (Phi) is 4.73. The summed E-state index contributed by atoms with van der Waals surface area (Å²) in [5.41, 5.74) is 1.43. The summed E-state index contributed by atoms with van der Waals surface area (Å²) in [6.07, 6.45) is 0. The third-order valence-corrected chi connectivity index (χ3v) is 3.75. The van der Waals surface area contributed by atoms with E-state index in [0.29, 0.717) is 22.1 Å². The largest absolute Gasteiger partial charge is 0.493 e. The summed E-state index contributed by atoms with van der Waals surface area (Å²) >= 11 is 12.4. The van der Waals surface area contributed by atoms with Gasteiger partial charge in [0.2, 0.25) is 0 Å². The zero-order valence-corrected chi connectivity index (χ0v) is 12.5. The third kappa shape index (κ3) is 3.00. The highest BCUT2D eigenvalue weighted by Crippen LogP contribution is 2.37. The molecule has 0 amide bonds. The first-order chi connectivity index (χ1) is 9.56. The molecule has 0 aromatic heterocycles. The lowest BCUT2D eigenvalue weighted by atomic mass is 10.0. The molecule has 2 aromatic carbocycles. The molecule has 0 saturated heterocycles. The molecule has 0 N–H and O–H groups in total. The summed E-state index contributed by atoms with van der Waals surface area (Å²) in [4.78, 5) is 0. The first-order valence-corrected chi connectivity index (χ1v) is 6.69. The molecule has 20 heavy (non-hydrogen) atoms. The van der Waals surface area contributed by atoms with Crippen LogP contribution in [0.25, 0.3) is 0 Å². The van der Waals surface area contributed by atoms with Crippen LogP contribution in [0, 0.1) is 5.82 Å². The second-order valence-corrected chi connectivity index (χ2v) is 4.99. The molecular weight excluding hydrogens is 302 g/mol. The van der Waals surface area contributed by atoms with Gasteiger partial charge in [0.05, 0.1) is 19.6 Å². The van der Waals surface area contributed by atoms with Crippen LogP contribution in [0.15, 0.2) is 36.4 Å². The highest BCUT2D eigenvalue weighted by atomic mass is 35.5. The molecular formula is C15H13Cl2FO2. The SMILES string of the molecule is COc1ccc(C(Cl)c2ccc(F)cc2Cl)cc1OC. The summed E-state index contributed by atoms with van der Waals surface area (Å²) in [5.74, 6) is 0.800. The Morgan fingerprint density at radius 3 is 2.30 bits per heavy atom. The van der Waals surface area contributed by atoms with Crippen molar-refractivity contribution in [1.82, 2.24) is 0 Å². The molecule has 0 fully saturated rings. The quantitative estimate of drug-likeness (QED) is 0.753. The van der Waals surface area contributed by atoms with Crippen LogP contribution < -0.4 is 9.47 Å². The minimum Gasteiger partial charge on any atom is -0.493 e. The van der Waals surface area contributed by atoms with Crippen LogP contribution in [0.2, 0.25) is 5.02 Å². The Bertz CT molecular complexity index is 617. The van der Waals surface area contributed by atoms with Crippen LogP contribution in [0.1, 0.15) is 16.5 Å². The standard InChI is InChI=1S/C15H13Cl2FO2/c1-19-13-6-3-9(7-14(13)20-2)15(17)11-5-4-10(18)8-12(11)16/h3-8,15H,1-2H3. The third-order valence-electron chi connectivity index (χ3n) is 2.94. The van der Waals surface area contributed by atoms with Crippen molar-refractivity contribution in [3.8, 4) is 11.5 Å². The zero-order valence-electron chi connectivity index (χ0n) is 11.0. The maximum Gasteiger partial charge on any atom is 0.161 e. The molecule has 2 rings (SSSR count). The van der Waals surface area contributed by atoms with E-state index in [1.54, 1.807) is 32.4 Å². The molecule has 0 aliphatic carbocycles. The predicted molar refractivity (Wildman–Crippen MR) is 78.7 cm³/mol. The van der Waals surface area contributed by atoms with Gasteiger partial charge in [-0.05, 0) is 35.4 Å². The van der Waals surface area contributed by atoms with Gasteiger partial charge in [0.25, 0.3) is 0 Å². The summed E-state index contributed by atoms with van der Waals surface area (Å²) in [6.45, 7) is 0. The second-order valence-electron chi connectivity index (χ2n) is 4.14. The Hall–Kier alpha value is -1.45. The molecule has 0 aliphatic heterocycles. The van der Waals surface area contributed by atoms with E-state index in [0.717, 1.165) is 5.56 Å². The van der Waals surface area contributed by atoms with Crippen molar-refractivity contribution in [2.75, 3.05) is 14.2 Å². The van der Waals surface area contributed by atoms with Gasteiger partial charge in [-0.2, -0.15) is 0 Å². The number of alkyl halides is 1. The molecule has 1 atom stereocenters. The molecule has 0 saturated carbocycles. The van der Waals surface area contributed by atoms with Crippen LogP contribution in [-0.2, 0) is 0 Å². The topological polar surface area (TPSA) is 18.5 Å². The number of benzene rings is 2. The minimum atomic E-state index is -0.497. The van der Waals surface area contributed by atoms with Gasteiger partial charge >= 0.3 is 0 Å². The fourth-order valence-corrected chi connectivity index (χ4v) is 2.56. The van der Waals surface area contributed by atoms with Crippen LogP contribution in [-0.4, -0.2) is 14.2 Å². The van der Waals surface area contributed by atoms with E-state index in [9.17, 15) is 4.39 Å². The van der Waals surface area contributed by atoms with Gasteiger partial charge < -0.3 is 9.47 Å². The number of halogens is 3. The molecule has 0 bridgehead atoms. The number of rotatable bonds is 4. The van der Waals surface area contributed by atoms with E-state index in [4.69, 9.17) is 32.7 Å². The zero-order chi connectivity index (χ0) is 14.7. The number of methoxy groups -OCH3 is 2. The number of hydrogen-bond donors (Lipinski definition) is 0. The van der Waals surface area contributed by atoms with Gasteiger partial charge in [0.1, 0.15) is 5.82 Å². The van der Waals surface area contributed by atoms with Crippen molar-refractivity contribution < 1.29 is 13.9 Å². The lowest BCUT2D eigenvalue weighted by Gasteiger charge is -2.15. The fraction of sp³-hybridized carbons (Fsp3) is 0.200. The molecule has 0 heterocycles. The van der Waals surface area contributed by atoms with Crippen molar-refractivity contribution in [2.24, 2.45) is 0 Å². The van der Waals surface area contributed by atoms with Gasteiger partial charge in [-0.3, -0.25) is 0 Å². The van der Waals surface area contributed by atoms with E-state index in [2.05, 4.69) is 0 Å². The van der Waals surface area contributed by atoms with Gasteiger partial charge in [-0.25, -0.2) is 4.39 Å². The highest BCUT2D eigenvalue weighted by Gasteiger charge is 2.17. The van der Waals surface area contributed by atoms with Crippen LogP contribution in [0.3, 0.4) is 0 Å². The van der Waals surface area contributed by atoms with E-state index < -0.39 is 11.2 Å². The molecule has 2 aromatic rings. The van der Waals surface area contributed by atoms with E-state index >= 15 is 0 Å². The minimum absolute atomic E-state index is 0.291. The maximum atomic E-state index is 13.1. The Labute approximate surface area is 127 Å². The maximum absolute atomic E-state index is 13.1. The molecule has 106 valence electrons. The summed E-state index contributed by atoms with van der Waals surface area (Å²) < 4.78 is 23.5. The first-order valence-electron chi connectivity index (χ1n) is 5.87. The molecule has 0 aliphatic rings. The Morgan fingerprint density at radius 1 is 1.00 bits per heavy atom. The predicted octanol–water partition coefficient (Wildman–Crippen LogP) is 4.82. The van der Waals surface area contributed by atoms with E-state index in [-0.39, 0.29) is 0 Å².